The van der Waals surface area contributed by atoms with Crippen LogP contribution in [-0.2, 0) is 13.0 Å². The van der Waals surface area contributed by atoms with Gasteiger partial charge in [-0.1, -0.05) is 18.2 Å². The molecule has 7 heteroatoms. The molecule has 3 heterocycles. The number of rotatable bonds is 8. The number of oxazole rings is 1. The second-order valence-electron chi connectivity index (χ2n) is 8.76. The summed E-state index contributed by atoms with van der Waals surface area (Å²) in [6.07, 6.45) is 5.99. The van der Waals surface area contributed by atoms with Gasteiger partial charge < -0.3 is 14.1 Å². The molecule has 1 aliphatic rings. The van der Waals surface area contributed by atoms with Gasteiger partial charge in [-0.3, -0.25) is 14.7 Å². The van der Waals surface area contributed by atoms with Crippen LogP contribution >= 0.6 is 0 Å². The van der Waals surface area contributed by atoms with Gasteiger partial charge in [0.25, 0.3) is 5.91 Å². The fourth-order valence-corrected chi connectivity index (χ4v) is 4.73. The lowest BCUT2D eigenvalue weighted by Crippen LogP contribution is -2.46. The highest BCUT2D eigenvalue weighted by Crippen LogP contribution is 2.29. The highest BCUT2D eigenvalue weighted by molar-refractivity contribution is 5.92. The average Bonchev–Trinajstić information content (AvgIpc) is 3.28. The molecule has 2 aromatic heterocycles. The van der Waals surface area contributed by atoms with Crippen LogP contribution in [0, 0.1) is 12.8 Å². The van der Waals surface area contributed by atoms with Crippen LogP contribution in [0.3, 0.4) is 0 Å². The van der Waals surface area contributed by atoms with Gasteiger partial charge in [-0.2, -0.15) is 0 Å². The van der Waals surface area contributed by atoms with E-state index in [1.54, 1.807) is 14.0 Å². The Balaban J connectivity index is 1.48. The number of nitrogens with zero attached hydrogens (tertiary/aromatic N) is 4. The zero-order chi connectivity index (χ0) is 23.2. The summed E-state index contributed by atoms with van der Waals surface area (Å²) >= 11 is 0. The van der Waals surface area contributed by atoms with Crippen molar-refractivity contribution in [2.75, 3.05) is 27.2 Å². The maximum Gasteiger partial charge on any atom is 0.291 e. The van der Waals surface area contributed by atoms with Gasteiger partial charge in [0.1, 0.15) is 5.75 Å². The summed E-state index contributed by atoms with van der Waals surface area (Å²) in [5.74, 6) is 1.63. The fraction of sp³-hybridized carbons (Fsp3) is 0.423. The highest BCUT2D eigenvalue weighted by Gasteiger charge is 2.32. The first-order chi connectivity index (χ1) is 16.0. The molecule has 1 aromatic carbocycles. The van der Waals surface area contributed by atoms with Crippen molar-refractivity contribution in [1.82, 2.24) is 19.8 Å². The molecular weight excluding hydrogens is 416 g/mol. The van der Waals surface area contributed by atoms with Crippen LogP contribution in [0.1, 0.15) is 40.3 Å². The van der Waals surface area contributed by atoms with E-state index in [-0.39, 0.29) is 5.91 Å². The summed E-state index contributed by atoms with van der Waals surface area (Å²) in [4.78, 5) is 25.7. The summed E-state index contributed by atoms with van der Waals surface area (Å²) in [6.45, 7) is 4.03. The summed E-state index contributed by atoms with van der Waals surface area (Å²) in [6, 6.07) is 14.7. The number of aromatic nitrogens is 2. The topological polar surface area (TPSA) is 71.7 Å². The Labute approximate surface area is 195 Å². The molecule has 1 saturated heterocycles. The van der Waals surface area contributed by atoms with E-state index in [1.165, 1.54) is 12.0 Å². The number of benzene rings is 1. The zero-order valence-electron chi connectivity index (χ0n) is 19.6. The maximum atomic E-state index is 12.9. The number of amides is 1. The summed E-state index contributed by atoms with van der Waals surface area (Å²) in [5, 5.41) is 0. The molecule has 3 aromatic rings. The van der Waals surface area contributed by atoms with Crippen molar-refractivity contribution in [1.29, 1.82) is 0 Å². The first-order valence-corrected chi connectivity index (χ1v) is 11.5. The number of likely N-dealkylation sites (tertiary alicyclic amines) is 1. The second-order valence-corrected chi connectivity index (χ2v) is 8.76. The van der Waals surface area contributed by atoms with Crippen molar-refractivity contribution in [3.05, 3.63) is 77.8 Å². The monoisotopic (exact) mass is 448 g/mol. The van der Waals surface area contributed by atoms with Gasteiger partial charge in [0.15, 0.2) is 6.39 Å². The number of pyridine rings is 1. The predicted molar refractivity (Wildman–Crippen MR) is 126 cm³/mol. The molecule has 0 N–H and O–H groups in total. The number of hydrogen-bond acceptors (Lipinski definition) is 6. The quantitative estimate of drug-likeness (QED) is 0.519. The molecule has 1 fully saturated rings. The third-order valence-electron chi connectivity index (χ3n) is 6.59. The molecule has 1 amide bonds. The van der Waals surface area contributed by atoms with Crippen molar-refractivity contribution in [2.24, 2.45) is 5.92 Å². The number of aryl methyl sites for hydroxylation is 1. The molecule has 174 valence electrons. The molecule has 0 aliphatic carbocycles. The van der Waals surface area contributed by atoms with Crippen LogP contribution in [0.25, 0.3) is 0 Å². The van der Waals surface area contributed by atoms with Crippen LogP contribution in [0.5, 0.6) is 5.75 Å². The van der Waals surface area contributed by atoms with Gasteiger partial charge in [0.2, 0.25) is 5.76 Å². The molecule has 1 aliphatic heterocycles. The SMILES string of the molecule is COc1cccc(CC(C2CCN(C(=O)c3ocnc3C)CC2)N(C)Cc2ccccn2)c1. The summed E-state index contributed by atoms with van der Waals surface area (Å²) in [7, 11) is 3.88. The Morgan fingerprint density at radius 3 is 2.70 bits per heavy atom. The number of carbonyl (C=O) groups excluding carboxylic acids is 1. The van der Waals surface area contributed by atoms with E-state index in [0.717, 1.165) is 50.3 Å². The molecule has 0 saturated carbocycles. The van der Waals surface area contributed by atoms with Gasteiger partial charge in [0, 0.05) is 31.9 Å². The lowest BCUT2D eigenvalue weighted by molar-refractivity contribution is 0.0572. The van der Waals surface area contributed by atoms with Crippen molar-refractivity contribution in [3.8, 4) is 5.75 Å². The standard InChI is InChI=1S/C26H32N4O3/c1-19-25(33-18-28-19)26(31)30-13-10-21(11-14-30)24(16-20-7-6-9-23(15-20)32-3)29(2)17-22-8-4-5-12-27-22/h4-9,12,15,18,21,24H,10-11,13-14,16-17H2,1-3H3. The van der Waals surface area contributed by atoms with Crippen LogP contribution in [0.2, 0.25) is 0 Å². The van der Waals surface area contributed by atoms with E-state index in [2.05, 4.69) is 40.1 Å². The Hall–Kier alpha value is -3.19. The Morgan fingerprint density at radius 1 is 1.21 bits per heavy atom. The maximum absolute atomic E-state index is 12.9. The predicted octanol–water partition coefficient (Wildman–Crippen LogP) is 3.98. The van der Waals surface area contributed by atoms with Crippen LogP contribution in [0.4, 0.5) is 0 Å². The van der Waals surface area contributed by atoms with Crippen molar-refractivity contribution < 1.29 is 13.9 Å². The van der Waals surface area contributed by atoms with Crippen LogP contribution in [-0.4, -0.2) is 59.0 Å². The molecule has 0 bridgehead atoms. The van der Waals surface area contributed by atoms with Crippen molar-refractivity contribution in [2.45, 2.75) is 38.8 Å². The van der Waals surface area contributed by atoms with E-state index in [9.17, 15) is 4.79 Å². The number of carbonyl (C=O) groups is 1. The minimum atomic E-state index is -0.0605. The normalized spacial score (nSPS) is 15.6. The first kappa shape index (κ1) is 23.0. The van der Waals surface area contributed by atoms with E-state index in [1.807, 2.05) is 35.4 Å². The largest absolute Gasteiger partial charge is 0.497 e. The highest BCUT2D eigenvalue weighted by atomic mass is 16.5. The molecule has 1 atom stereocenters. The number of likely N-dealkylation sites (N-methyl/N-ethyl adjacent to an activating group) is 1. The first-order valence-electron chi connectivity index (χ1n) is 11.5. The molecule has 1 unspecified atom stereocenters. The number of methoxy groups -OCH3 is 1. The fourth-order valence-electron chi connectivity index (χ4n) is 4.73. The molecule has 4 rings (SSSR count). The minimum absolute atomic E-state index is 0.0605. The molecule has 0 radical (unpaired) electrons. The third kappa shape index (κ3) is 5.60. The van der Waals surface area contributed by atoms with E-state index < -0.39 is 0 Å². The van der Waals surface area contributed by atoms with Gasteiger partial charge in [0.05, 0.1) is 18.5 Å². The number of piperidine rings is 1. The van der Waals surface area contributed by atoms with Crippen LogP contribution in [0.15, 0.2) is 59.5 Å². The van der Waals surface area contributed by atoms with Crippen molar-refractivity contribution >= 4 is 5.91 Å². The van der Waals surface area contributed by atoms with Crippen molar-refractivity contribution in [3.63, 3.8) is 0 Å². The van der Waals surface area contributed by atoms with Gasteiger partial charge in [-0.05, 0) is 69.0 Å². The molecule has 7 nitrogen and oxygen atoms in total. The summed E-state index contributed by atoms with van der Waals surface area (Å²) in [5.41, 5.74) is 2.96. The minimum Gasteiger partial charge on any atom is -0.497 e. The molecular formula is C26H32N4O3. The third-order valence-corrected chi connectivity index (χ3v) is 6.59. The van der Waals surface area contributed by atoms with Gasteiger partial charge >= 0.3 is 0 Å². The lowest BCUT2D eigenvalue weighted by Gasteiger charge is -2.40. The van der Waals surface area contributed by atoms with Gasteiger partial charge in [-0.25, -0.2) is 4.98 Å². The average molecular weight is 449 g/mol. The lowest BCUT2D eigenvalue weighted by atomic mass is 9.84. The van der Waals surface area contributed by atoms with Crippen LogP contribution < -0.4 is 4.74 Å². The molecule has 33 heavy (non-hydrogen) atoms. The number of hydrogen-bond donors (Lipinski definition) is 0. The van der Waals surface area contributed by atoms with E-state index in [0.29, 0.717) is 23.4 Å². The second kappa shape index (κ2) is 10.6. The van der Waals surface area contributed by atoms with E-state index in [4.69, 9.17) is 9.15 Å². The zero-order valence-corrected chi connectivity index (χ0v) is 19.6. The Morgan fingerprint density at radius 2 is 2.03 bits per heavy atom. The van der Waals surface area contributed by atoms with E-state index >= 15 is 0 Å². The number of ether oxygens (including phenoxy) is 1. The summed E-state index contributed by atoms with van der Waals surface area (Å²) < 4.78 is 10.8. The molecule has 0 spiro atoms. The smallest absolute Gasteiger partial charge is 0.291 e. The Kier molecular flexibility index (Phi) is 7.40. The Bertz CT molecular complexity index is 1040. The van der Waals surface area contributed by atoms with Gasteiger partial charge in [-0.15, -0.1) is 0 Å².